The fourth-order valence-electron chi connectivity index (χ4n) is 4.28. The largest absolute Gasteiger partial charge is 0.351 e. The van der Waals surface area contributed by atoms with Crippen molar-refractivity contribution in [3.8, 4) is 0 Å². The highest BCUT2D eigenvalue weighted by atomic mass is 16.1. The number of carbonyl (C=O) groups excluding carboxylic acids is 1. The summed E-state index contributed by atoms with van der Waals surface area (Å²) in [7, 11) is 0. The number of fused-ring (bicyclic) bond motifs is 1. The summed E-state index contributed by atoms with van der Waals surface area (Å²) in [6.45, 7) is 1.31. The molecule has 3 aromatic carbocycles. The van der Waals surface area contributed by atoms with Crippen LogP contribution in [0.5, 0.6) is 0 Å². The van der Waals surface area contributed by atoms with Crippen molar-refractivity contribution in [2.45, 2.75) is 31.2 Å². The highest BCUT2D eigenvalue weighted by molar-refractivity contribution is 5.94. The van der Waals surface area contributed by atoms with Gasteiger partial charge in [0.2, 0.25) is 0 Å². The van der Waals surface area contributed by atoms with E-state index in [1.165, 1.54) is 12.0 Å². The van der Waals surface area contributed by atoms with E-state index in [1.807, 2.05) is 59.3 Å². The van der Waals surface area contributed by atoms with Crippen LogP contribution in [-0.2, 0) is 12.0 Å². The van der Waals surface area contributed by atoms with E-state index >= 15 is 0 Å². The molecule has 0 atom stereocenters. The molecule has 1 aliphatic rings. The Kier molecular flexibility index (Phi) is 4.79. The van der Waals surface area contributed by atoms with Gasteiger partial charge in [-0.25, -0.2) is 4.68 Å². The van der Waals surface area contributed by atoms with Crippen LogP contribution in [0.25, 0.3) is 11.0 Å². The quantitative estimate of drug-likeness (QED) is 0.528. The number of rotatable bonds is 6. The van der Waals surface area contributed by atoms with Gasteiger partial charge < -0.3 is 5.32 Å². The first kappa shape index (κ1) is 18.6. The van der Waals surface area contributed by atoms with Crippen molar-refractivity contribution in [1.29, 1.82) is 0 Å². The summed E-state index contributed by atoms with van der Waals surface area (Å²) in [4.78, 5) is 12.7. The summed E-state index contributed by atoms with van der Waals surface area (Å²) in [5, 5.41) is 11.6. The highest BCUT2D eigenvalue weighted by Gasteiger charge is 2.38. The lowest BCUT2D eigenvalue weighted by atomic mass is 9.64. The van der Waals surface area contributed by atoms with Gasteiger partial charge in [0.1, 0.15) is 5.52 Å². The van der Waals surface area contributed by atoms with E-state index < -0.39 is 0 Å². The van der Waals surface area contributed by atoms with E-state index in [9.17, 15) is 4.79 Å². The topological polar surface area (TPSA) is 59.8 Å². The van der Waals surface area contributed by atoms with Crippen molar-refractivity contribution < 1.29 is 4.79 Å². The predicted octanol–water partition coefficient (Wildman–Crippen LogP) is 4.33. The number of nitrogens with zero attached hydrogens (tertiary/aromatic N) is 3. The summed E-state index contributed by atoms with van der Waals surface area (Å²) in [5.74, 6) is -0.0186. The number of aromatic nitrogens is 3. The van der Waals surface area contributed by atoms with Crippen LogP contribution in [0.4, 0.5) is 0 Å². The van der Waals surface area contributed by atoms with Gasteiger partial charge in [-0.05, 0) is 48.2 Å². The normalized spacial score (nSPS) is 14.9. The zero-order chi connectivity index (χ0) is 20.4. The first-order chi connectivity index (χ1) is 14.7. The molecular formula is C25H24N4O. The van der Waals surface area contributed by atoms with E-state index in [1.54, 1.807) is 0 Å². The summed E-state index contributed by atoms with van der Waals surface area (Å²) in [5.41, 5.74) is 5.08. The van der Waals surface area contributed by atoms with Crippen molar-refractivity contribution in [2.24, 2.45) is 0 Å². The molecule has 150 valence electrons. The van der Waals surface area contributed by atoms with E-state index in [2.05, 4.69) is 39.9 Å². The Hall–Kier alpha value is -3.47. The molecule has 4 aromatic rings. The van der Waals surface area contributed by atoms with Crippen LogP contribution in [0.3, 0.4) is 0 Å². The second kappa shape index (κ2) is 7.75. The number of hydrogen-bond donors (Lipinski definition) is 1. The molecule has 1 fully saturated rings. The van der Waals surface area contributed by atoms with E-state index in [0.717, 1.165) is 29.4 Å². The zero-order valence-electron chi connectivity index (χ0n) is 16.8. The fourth-order valence-corrected chi connectivity index (χ4v) is 4.28. The van der Waals surface area contributed by atoms with Gasteiger partial charge in [-0.3, -0.25) is 4.79 Å². The minimum absolute atomic E-state index is 0.0186. The zero-order valence-corrected chi connectivity index (χ0v) is 16.8. The second-order valence-corrected chi connectivity index (χ2v) is 8.12. The van der Waals surface area contributed by atoms with E-state index in [-0.39, 0.29) is 11.3 Å². The van der Waals surface area contributed by atoms with Crippen LogP contribution in [0.15, 0.2) is 78.9 Å². The van der Waals surface area contributed by atoms with Crippen LogP contribution in [0.1, 0.15) is 40.7 Å². The molecule has 1 heterocycles. The molecule has 0 bridgehead atoms. The van der Waals surface area contributed by atoms with Gasteiger partial charge in [-0.15, -0.1) is 5.10 Å². The standard InChI is InChI=1S/C25H24N4O/c30-24(26-18-25(15-6-16-25)21-7-2-1-3-8-21)20-13-11-19(12-14-20)17-29-23-10-5-4-9-22(23)27-28-29/h1-5,7-14H,6,15-18H2,(H,26,30). The van der Waals surface area contributed by atoms with Crippen molar-refractivity contribution in [1.82, 2.24) is 20.3 Å². The first-order valence-electron chi connectivity index (χ1n) is 10.4. The van der Waals surface area contributed by atoms with Gasteiger partial charge >= 0.3 is 0 Å². The molecule has 1 aliphatic carbocycles. The van der Waals surface area contributed by atoms with Crippen molar-refractivity contribution >= 4 is 16.9 Å². The monoisotopic (exact) mass is 396 g/mol. The number of para-hydroxylation sites is 1. The van der Waals surface area contributed by atoms with Crippen LogP contribution in [0.2, 0.25) is 0 Å². The number of nitrogens with one attached hydrogen (secondary N) is 1. The smallest absolute Gasteiger partial charge is 0.251 e. The van der Waals surface area contributed by atoms with Gasteiger partial charge in [0, 0.05) is 17.5 Å². The number of hydrogen-bond acceptors (Lipinski definition) is 3. The average molecular weight is 396 g/mol. The number of carbonyl (C=O) groups is 1. The van der Waals surface area contributed by atoms with Gasteiger partial charge in [0.15, 0.2) is 0 Å². The molecule has 0 unspecified atom stereocenters. The molecule has 1 saturated carbocycles. The lowest BCUT2D eigenvalue weighted by Crippen LogP contribution is -2.45. The third-order valence-electron chi connectivity index (χ3n) is 6.25. The predicted molar refractivity (Wildman–Crippen MR) is 117 cm³/mol. The molecule has 5 rings (SSSR count). The van der Waals surface area contributed by atoms with Crippen LogP contribution in [-0.4, -0.2) is 27.4 Å². The molecule has 5 heteroatoms. The third kappa shape index (κ3) is 3.47. The Balaban J connectivity index is 1.25. The summed E-state index contributed by atoms with van der Waals surface area (Å²) in [6, 6.07) is 26.2. The average Bonchev–Trinajstić information content (AvgIpc) is 3.17. The molecule has 1 N–H and O–H groups in total. The lowest BCUT2D eigenvalue weighted by Gasteiger charge is -2.42. The molecule has 0 saturated heterocycles. The van der Waals surface area contributed by atoms with E-state index in [4.69, 9.17) is 0 Å². The van der Waals surface area contributed by atoms with Gasteiger partial charge in [-0.2, -0.15) is 0 Å². The Morgan fingerprint density at radius 1 is 0.933 bits per heavy atom. The maximum Gasteiger partial charge on any atom is 0.251 e. The maximum absolute atomic E-state index is 12.7. The second-order valence-electron chi connectivity index (χ2n) is 8.12. The Labute approximate surface area is 175 Å². The molecule has 5 nitrogen and oxygen atoms in total. The molecule has 0 aliphatic heterocycles. The maximum atomic E-state index is 12.7. The summed E-state index contributed by atoms with van der Waals surface area (Å²) in [6.07, 6.45) is 3.47. The van der Waals surface area contributed by atoms with Crippen molar-refractivity contribution in [3.63, 3.8) is 0 Å². The van der Waals surface area contributed by atoms with Crippen LogP contribution >= 0.6 is 0 Å². The van der Waals surface area contributed by atoms with Gasteiger partial charge in [0.25, 0.3) is 5.91 Å². The third-order valence-corrected chi connectivity index (χ3v) is 6.25. The van der Waals surface area contributed by atoms with E-state index in [0.29, 0.717) is 18.7 Å². The number of benzene rings is 3. The lowest BCUT2D eigenvalue weighted by molar-refractivity contribution is 0.0928. The van der Waals surface area contributed by atoms with Crippen molar-refractivity contribution in [2.75, 3.05) is 6.54 Å². The molecule has 0 spiro atoms. The minimum Gasteiger partial charge on any atom is -0.351 e. The molecule has 30 heavy (non-hydrogen) atoms. The van der Waals surface area contributed by atoms with Gasteiger partial charge in [-0.1, -0.05) is 66.2 Å². The van der Waals surface area contributed by atoms with Gasteiger partial charge in [0.05, 0.1) is 12.1 Å². The molecule has 1 amide bonds. The molecule has 1 aromatic heterocycles. The Bertz CT molecular complexity index is 1160. The van der Waals surface area contributed by atoms with Crippen molar-refractivity contribution in [3.05, 3.63) is 95.6 Å². The number of amides is 1. The Morgan fingerprint density at radius 2 is 1.67 bits per heavy atom. The molecule has 0 radical (unpaired) electrons. The SMILES string of the molecule is O=C(NCC1(c2ccccc2)CCC1)c1ccc(Cn2nnc3ccccc32)cc1. The highest BCUT2D eigenvalue weighted by Crippen LogP contribution is 2.43. The summed E-state index contributed by atoms with van der Waals surface area (Å²) >= 11 is 0. The fraction of sp³-hybridized carbons (Fsp3) is 0.240. The summed E-state index contributed by atoms with van der Waals surface area (Å²) < 4.78 is 1.88. The van der Waals surface area contributed by atoms with Crippen LogP contribution < -0.4 is 5.32 Å². The molecular weight excluding hydrogens is 372 g/mol. The Morgan fingerprint density at radius 3 is 2.40 bits per heavy atom. The minimum atomic E-state index is -0.0186. The van der Waals surface area contributed by atoms with Crippen LogP contribution in [0, 0.1) is 0 Å². The first-order valence-corrected chi connectivity index (χ1v) is 10.4.